The smallest absolute Gasteiger partial charge is 0.291 e. The van der Waals surface area contributed by atoms with Crippen LogP contribution in [0.3, 0.4) is 0 Å². The number of benzene rings is 3. The molecule has 11 nitrogen and oxygen atoms in total. The standard InChI is InChI=1S/C29H31BrClN7O4S2/c30-28-35-36-29(38(28)25-13-11-19(17-8-9-17)20-5-1-2-6-21(20)25)43-16-26(39)34-24-12-10-18(15-22(24)31)44(41,42)37-27(40)23(33)7-3-4-14-32/h1-2,5-6,10-13,15,17,23H,3-4,7-9,14,16,32-33H2,(H,34,39)(H,37,40)/p+2/t23-/m0/s1. The van der Waals surface area contributed by atoms with Gasteiger partial charge in [0.2, 0.25) is 10.6 Å². The van der Waals surface area contributed by atoms with Gasteiger partial charge in [-0.25, -0.2) is 13.1 Å². The van der Waals surface area contributed by atoms with Crippen molar-refractivity contribution in [2.75, 3.05) is 17.6 Å². The molecule has 1 fully saturated rings. The monoisotopic (exact) mass is 721 g/mol. The van der Waals surface area contributed by atoms with E-state index in [1.165, 1.54) is 53.8 Å². The molecule has 15 heteroatoms. The first kappa shape index (κ1) is 32.4. The lowest BCUT2D eigenvalue weighted by Crippen LogP contribution is -2.67. The fraction of sp³-hybridized carbons (Fsp3) is 0.310. The molecule has 8 N–H and O–H groups in total. The van der Waals surface area contributed by atoms with Gasteiger partial charge in [-0.05, 0) is 82.7 Å². The van der Waals surface area contributed by atoms with Gasteiger partial charge in [0, 0.05) is 11.8 Å². The lowest BCUT2D eigenvalue weighted by molar-refractivity contribution is -0.405. The second-order valence-electron chi connectivity index (χ2n) is 10.6. The number of quaternary nitrogens is 2. The van der Waals surface area contributed by atoms with E-state index >= 15 is 0 Å². The van der Waals surface area contributed by atoms with Crippen molar-refractivity contribution in [2.24, 2.45) is 0 Å². The summed E-state index contributed by atoms with van der Waals surface area (Å²) in [5.74, 6) is -0.474. The summed E-state index contributed by atoms with van der Waals surface area (Å²) in [6.45, 7) is 0.734. The summed E-state index contributed by atoms with van der Waals surface area (Å²) in [6, 6.07) is 15.6. The van der Waals surface area contributed by atoms with E-state index in [1.807, 2.05) is 16.7 Å². The highest BCUT2D eigenvalue weighted by molar-refractivity contribution is 9.10. The molecule has 44 heavy (non-hydrogen) atoms. The summed E-state index contributed by atoms with van der Waals surface area (Å²) >= 11 is 11.0. The first-order valence-electron chi connectivity index (χ1n) is 14.1. The second kappa shape index (κ2) is 14.0. The Bertz CT molecular complexity index is 1810. The lowest BCUT2D eigenvalue weighted by Gasteiger charge is -2.14. The van der Waals surface area contributed by atoms with Crippen LogP contribution >= 0.6 is 39.3 Å². The van der Waals surface area contributed by atoms with Gasteiger partial charge in [-0.3, -0.25) is 14.2 Å². The fourth-order valence-corrected chi connectivity index (χ4v) is 7.52. The third-order valence-electron chi connectivity index (χ3n) is 7.30. The van der Waals surface area contributed by atoms with Crippen molar-refractivity contribution in [3.8, 4) is 5.69 Å². The molecule has 0 spiro atoms. The molecule has 232 valence electrons. The van der Waals surface area contributed by atoms with E-state index in [9.17, 15) is 18.0 Å². The number of fused-ring (bicyclic) bond motifs is 1. The van der Waals surface area contributed by atoms with Gasteiger partial charge in [0.1, 0.15) is 0 Å². The molecular weight excluding hydrogens is 690 g/mol. The molecule has 1 saturated carbocycles. The minimum atomic E-state index is -4.17. The maximum atomic E-state index is 12.9. The maximum absolute atomic E-state index is 12.9. The van der Waals surface area contributed by atoms with Gasteiger partial charge in [-0.2, -0.15) is 0 Å². The van der Waals surface area contributed by atoms with Gasteiger partial charge in [-0.1, -0.05) is 53.7 Å². The zero-order valence-electron chi connectivity index (χ0n) is 23.8. The fourth-order valence-electron chi connectivity index (χ4n) is 4.85. The van der Waals surface area contributed by atoms with Crippen LogP contribution in [0.25, 0.3) is 16.5 Å². The number of halogens is 2. The highest BCUT2D eigenvalue weighted by Crippen LogP contribution is 2.44. The number of unbranched alkanes of at least 4 members (excludes halogenated alkanes) is 1. The Hall–Kier alpha value is -3.01. The summed E-state index contributed by atoms with van der Waals surface area (Å²) in [5, 5.41) is 14.0. The number of anilines is 1. The van der Waals surface area contributed by atoms with Gasteiger partial charge in [0.15, 0.2) is 11.2 Å². The molecule has 5 rings (SSSR count). The molecule has 0 aliphatic heterocycles. The number of thioether (sulfide) groups is 1. The highest BCUT2D eigenvalue weighted by Gasteiger charge is 2.27. The van der Waals surface area contributed by atoms with Crippen LogP contribution in [-0.4, -0.2) is 53.3 Å². The third-order valence-corrected chi connectivity index (χ3v) is 10.4. The van der Waals surface area contributed by atoms with Gasteiger partial charge >= 0.3 is 0 Å². The predicted molar refractivity (Wildman–Crippen MR) is 173 cm³/mol. The number of nitrogens with one attached hydrogen (secondary N) is 2. The van der Waals surface area contributed by atoms with Crippen LogP contribution < -0.4 is 21.5 Å². The SMILES string of the molecule is [NH3+]CCCC[C@H]([NH3+])C(=O)NS(=O)(=O)c1ccc(NC(=O)CSc2nnc(Br)n2-c2ccc(C3CC3)c3ccccc23)c(Cl)c1. The Morgan fingerprint density at radius 2 is 1.84 bits per heavy atom. The molecule has 4 aromatic rings. The molecule has 0 radical (unpaired) electrons. The average Bonchev–Trinajstić information content (AvgIpc) is 3.78. The van der Waals surface area contributed by atoms with Crippen molar-refractivity contribution in [3.05, 3.63) is 69.9 Å². The molecule has 0 saturated heterocycles. The Labute approximate surface area is 272 Å². The van der Waals surface area contributed by atoms with Crippen molar-refractivity contribution in [3.63, 3.8) is 0 Å². The summed E-state index contributed by atoms with van der Waals surface area (Å²) in [4.78, 5) is 25.1. The summed E-state index contributed by atoms with van der Waals surface area (Å²) < 4.78 is 30.0. The molecule has 0 bridgehead atoms. The molecule has 1 atom stereocenters. The van der Waals surface area contributed by atoms with Crippen molar-refractivity contribution in [1.82, 2.24) is 19.5 Å². The van der Waals surface area contributed by atoms with Crippen LogP contribution in [0.4, 0.5) is 5.69 Å². The van der Waals surface area contributed by atoms with Crippen LogP contribution in [0.1, 0.15) is 43.6 Å². The molecular formula is C29H33BrClN7O4S2+2. The van der Waals surface area contributed by atoms with Gasteiger partial charge < -0.3 is 16.8 Å². The van der Waals surface area contributed by atoms with Crippen molar-refractivity contribution in [2.45, 2.75) is 54.1 Å². The Morgan fingerprint density at radius 3 is 2.55 bits per heavy atom. The molecule has 1 aromatic heterocycles. The molecule has 1 heterocycles. The zero-order valence-corrected chi connectivity index (χ0v) is 27.7. The van der Waals surface area contributed by atoms with Gasteiger partial charge in [0.25, 0.3) is 15.9 Å². The van der Waals surface area contributed by atoms with Crippen molar-refractivity contribution >= 4 is 77.6 Å². The van der Waals surface area contributed by atoms with E-state index in [-0.39, 0.29) is 27.3 Å². The number of carbonyl (C=O) groups is 2. The van der Waals surface area contributed by atoms with Gasteiger partial charge in [-0.15, -0.1) is 10.2 Å². The first-order chi connectivity index (χ1) is 21.1. The Kier molecular flexibility index (Phi) is 10.3. The average molecular weight is 723 g/mol. The predicted octanol–water partition coefficient (Wildman–Crippen LogP) is 3.27. The molecule has 2 amide bonds. The molecule has 1 aliphatic carbocycles. The van der Waals surface area contributed by atoms with E-state index in [1.54, 1.807) is 0 Å². The van der Waals surface area contributed by atoms with Crippen molar-refractivity contribution in [1.29, 1.82) is 0 Å². The van der Waals surface area contributed by atoms with Crippen LogP contribution in [0.5, 0.6) is 0 Å². The van der Waals surface area contributed by atoms with Crippen LogP contribution in [-0.2, 0) is 19.6 Å². The van der Waals surface area contributed by atoms with E-state index < -0.39 is 22.0 Å². The number of carbonyl (C=O) groups excluding carboxylic acids is 2. The van der Waals surface area contributed by atoms with Crippen LogP contribution in [0, 0.1) is 0 Å². The Morgan fingerprint density at radius 1 is 1.09 bits per heavy atom. The second-order valence-corrected chi connectivity index (χ2v) is 14.3. The largest absolute Gasteiger partial charge is 0.358 e. The first-order valence-corrected chi connectivity index (χ1v) is 17.8. The normalized spacial score (nSPS) is 14.0. The summed E-state index contributed by atoms with van der Waals surface area (Å²) in [7, 11) is -4.17. The summed E-state index contributed by atoms with van der Waals surface area (Å²) in [6.07, 6.45) is 4.41. The zero-order chi connectivity index (χ0) is 31.4. The third kappa shape index (κ3) is 7.44. The van der Waals surface area contributed by atoms with Gasteiger partial charge in [0.05, 0.1) is 33.6 Å². The number of aromatic nitrogens is 3. The minimum Gasteiger partial charge on any atom is -0.358 e. The number of hydrogen-bond donors (Lipinski definition) is 4. The van der Waals surface area contributed by atoms with Crippen LogP contribution in [0.2, 0.25) is 5.02 Å². The highest BCUT2D eigenvalue weighted by atomic mass is 79.9. The molecule has 3 aromatic carbocycles. The molecule has 0 unspecified atom stereocenters. The lowest BCUT2D eigenvalue weighted by atomic mass is 9.99. The Balaban J connectivity index is 1.25. The number of nitrogens with zero attached hydrogens (tertiary/aromatic N) is 3. The summed E-state index contributed by atoms with van der Waals surface area (Å²) in [5.41, 5.74) is 9.98. The number of sulfonamides is 1. The molecule has 1 aliphatic rings. The van der Waals surface area contributed by atoms with E-state index in [0.29, 0.717) is 22.2 Å². The maximum Gasteiger partial charge on any atom is 0.291 e. The van der Waals surface area contributed by atoms with E-state index in [0.717, 1.165) is 30.5 Å². The van der Waals surface area contributed by atoms with E-state index in [4.69, 9.17) is 11.6 Å². The topological polar surface area (TPSA) is 178 Å². The quantitative estimate of drug-likeness (QED) is 0.121. The number of rotatable bonds is 13. The minimum absolute atomic E-state index is 0.00532. The van der Waals surface area contributed by atoms with Crippen LogP contribution in [0.15, 0.2) is 69.4 Å². The number of hydrogen-bond acceptors (Lipinski definition) is 7. The van der Waals surface area contributed by atoms with Crippen molar-refractivity contribution < 1.29 is 29.5 Å². The van der Waals surface area contributed by atoms with E-state index in [2.05, 4.69) is 71.9 Å². The number of amides is 2.